The van der Waals surface area contributed by atoms with Crippen molar-refractivity contribution in [3.05, 3.63) is 0 Å². The Morgan fingerprint density at radius 1 is 1.25 bits per heavy atom. The van der Waals surface area contributed by atoms with Crippen LogP contribution in [0.15, 0.2) is 0 Å². The molecular formula is C13H21NO5S. The van der Waals surface area contributed by atoms with Crippen LogP contribution in [0, 0.1) is 11.8 Å². The molecule has 4 unspecified atom stereocenters. The molecule has 0 aromatic heterocycles. The zero-order valence-corrected chi connectivity index (χ0v) is 12.2. The highest BCUT2D eigenvalue weighted by Gasteiger charge is 2.52. The van der Waals surface area contributed by atoms with Gasteiger partial charge in [-0.2, -0.15) is 4.31 Å². The molecule has 1 saturated carbocycles. The molecule has 6 nitrogen and oxygen atoms in total. The molecule has 3 rings (SSSR count). The van der Waals surface area contributed by atoms with E-state index in [4.69, 9.17) is 4.74 Å². The topological polar surface area (TPSA) is 83.9 Å². The largest absolute Gasteiger partial charge is 0.480 e. The summed E-state index contributed by atoms with van der Waals surface area (Å²) in [4.78, 5) is 11.5. The normalized spacial score (nSPS) is 38.2. The lowest BCUT2D eigenvalue weighted by Crippen LogP contribution is -2.45. The number of hydrogen-bond acceptors (Lipinski definition) is 4. The highest BCUT2D eigenvalue weighted by molar-refractivity contribution is 7.89. The second kappa shape index (κ2) is 5.27. The van der Waals surface area contributed by atoms with Gasteiger partial charge < -0.3 is 9.84 Å². The van der Waals surface area contributed by atoms with Gasteiger partial charge in [-0.3, -0.25) is 4.79 Å². The molecule has 0 aromatic carbocycles. The number of ether oxygens (including phenoxy) is 1. The monoisotopic (exact) mass is 303 g/mol. The van der Waals surface area contributed by atoms with Crippen molar-refractivity contribution in [2.45, 2.75) is 44.2 Å². The number of nitrogens with zero attached hydrogens (tertiary/aromatic N) is 1. The summed E-state index contributed by atoms with van der Waals surface area (Å²) in [5, 5.41) is 9.42. The summed E-state index contributed by atoms with van der Waals surface area (Å²) in [5.41, 5.74) is 0. The van der Waals surface area contributed by atoms with E-state index in [1.54, 1.807) is 0 Å². The van der Waals surface area contributed by atoms with Crippen LogP contribution in [0.4, 0.5) is 0 Å². The van der Waals surface area contributed by atoms with E-state index in [2.05, 4.69) is 0 Å². The van der Waals surface area contributed by atoms with E-state index in [0.717, 1.165) is 32.1 Å². The molecule has 1 N–H and O–H groups in total. The smallest absolute Gasteiger partial charge is 0.322 e. The Morgan fingerprint density at radius 3 is 2.70 bits per heavy atom. The van der Waals surface area contributed by atoms with Crippen molar-refractivity contribution in [1.82, 2.24) is 4.31 Å². The molecule has 2 saturated heterocycles. The molecule has 3 fully saturated rings. The van der Waals surface area contributed by atoms with E-state index in [-0.39, 0.29) is 23.7 Å². The minimum Gasteiger partial charge on any atom is -0.480 e. The Hall–Kier alpha value is -0.660. The summed E-state index contributed by atoms with van der Waals surface area (Å²) in [7, 11) is -3.55. The lowest BCUT2D eigenvalue weighted by Gasteiger charge is -2.25. The second-order valence-corrected chi connectivity index (χ2v) is 8.09. The number of carbonyl (C=O) groups is 1. The lowest BCUT2D eigenvalue weighted by atomic mass is 9.94. The van der Waals surface area contributed by atoms with Crippen LogP contribution >= 0.6 is 0 Å². The number of aliphatic carboxylic acids is 1. The number of carboxylic acid groups (broad SMARTS) is 1. The van der Waals surface area contributed by atoms with Gasteiger partial charge in [0.05, 0.1) is 11.9 Å². The predicted octanol–water partition coefficient (Wildman–Crippen LogP) is 0.680. The van der Waals surface area contributed by atoms with Crippen molar-refractivity contribution >= 4 is 16.0 Å². The van der Waals surface area contributed by atoms with Gasteiger partial charge >= 0.3 is 5.97 Å². The van der Waals surface area contributed by atoms with E-state index in [9.17, 15) is 18.3 Å². The summed E-state index contributed by atoms with van der Waals surface area (Å²) < 4.78 is 31.7. The zero-order valence-electron chi connectivity index (χ0n) is 11.4. The Morgan fingerprint density at radius 2 is 2.05 bits per heavy atom. The van der Waals surface area contributed by atoms with Crippen molar-refractivity contribution < 1.29 is 23.1 Å². The summed E-state index contributed by atoms with van der Waals surface area (Å²) in [6, 6.07) is -0.867. The highest BCUT2D eigenvalue weighted by Crippen LogP contribution is 2.43. The Bertz CT molecular complexity index is 485. The van der Waals surface area contributed by atoms with Gasteiger partial charge in [-0.25, -0.2) is 8.42 Å². The quantitative estimate of drug-likeness (QED) is 0.825. The van der Waals surface area contributed by atoms with Gasteiger partial charge in [-0.15, -0.1) is 0 Å². The van der Waals surface area contributed by atoms with Gasteiger partial charge in [0.15, 0.2) is 0 Å². The van der Waals surface area contributed by atoms with E-state index in [1.165, 1.54) is 4.31 Å². The maximum atomic E-state index is 12.5. The number of carboxylic acids is 1. The van der Waals surface area contributed by atoms with Crippen LogP contribution in [0.3, 0.4) is 0 Å². The first-order chi connectivity index (χ1) is 9.49. The highest BCUT2D eigenvalue weighted by atomic mass is 32.2. The fraction of sp³-hybridized carbons (Fsp3) is 0.923. The first kappa shape index (κ1) is 14.3. The Balaban J connectivity index is 1.78. The molecule has 3 aliphatic rings. The van der Waals surface area contributed by atoms with Crippen LogP contribution in [0.5, 0.6) is 0 Å². The van der Waals surface area contributed by atoms with E-state index < -0.39 is 22.0 Å². The van der Waals surface area contributed by atoms with Gasteiger partial charge in [0.2, 0.25) is 10.0 Å². The molecule has 2 heterocycles. The number of fused-ring (bicyclic) bond motifs is 1. The van der Waals surface area contributed by atoms with Crippen molar-refractivity contribution in [3.63, 3.8) is 0 Å². The maximum Gasteiger partial charge on any atom is 0.322 e. The number of hydrogen-bond donors (Lipinski definition) is 1. The van der Waals surface area contributed by atoms with Crippen LogP contribution in [0.2, 0.25) is 0 Å². The maximum absolute atomic E-state index is 12.5. The Labute approximate surface area is 119 Å². The predicted molar refractivity (Wildman–Crippen MR) is 71.7 cm³/mol. The minimum atomic E-state index is -3.55. The number of rotatable bonds is 4. The third-order valence-corrected chi connectivity index (χ3v) is 6.76. The van der Waals surface area contributed by atoms with Crippen LogP contribution in [0.1, 0.15) is 32.1 Å². The average Bonchev–Trinajstić information content (AvgIpc) is 3.00. The van der Waals surface area contributed by atoms with Crippen molar-refractivity contribution in [1.29, 1.82) is 0 Å². The fourth-order valence-electron chi connectivity index (χ4n) is 3.97. The average molecular weight is 303 g/mol. The van der Waals surface area contributed by atoms with Gasteiger partial charge in [0, 0.05) is 13.2 Å². The van der Waals surface area contributed by atoms with E-state index >= 15 is 0 Å². The van der Waals surface area contributed by atoms with Crippen LogP contribution in [0.25, 0.3) is 0 Å². The fourth-order valence-corrected chi connectivity index (χ4v) is 5.90. The molecule has 2 aliphatic heterocycles. The van der Waals surface area contributed by atoms with Crippen molar-refractivity contribution in [2.75, 3.05) is 18.9 Å². The minimum absolute atomic E-state index is 0.00762. The third kappa shape index (κ3) is 2.46. The first-order valence-corrected chi connectivity index (χ1v) is 8.94. The van der Waals surface area contributed by atoms with Crippen molar-refractivity contribution in [3.8, 4) is 0 Å². The van der Waals surface area contributed by atoms with E-state index in [0.29, 0.717) is 13.2 Å². The molecule has 1 aliphatic carbocycles. The van der Waals surface area contributed by atoms with Crippen LogP contribution in [-0.2, 0) is 19.6 Å². The summed E-state index contributed by atoms with van der Waals surface area (Å²) >= 11 is 0. The molecule has 0 aromatic rings. The SMILES string of the molecule is O=C(O)C1C2CCCC2CN1S(=O)(=O)CC1CCCO1. The summed E-state index contributed by atoms with van der Waals surface area (Å²) in [6.45, 7) is 0.977. The van der Waals surface area contributed by atoms with E-state index in [1.807, 2.05) is 0 Å². The third-order valence-electron chi connectivity index (χ3n) is 4.88. The molecule has 0 bridgehead atoms. The molecule has 114 valence electrons. The molecule has 0 spiro atoms. The van der Waals surface area contributed by atoms with Crippen molar-refractivity contribution in [2.24, 2.45) is 11.8 Å². The van der Waals surface area contributed by atoms with Gasteiger partial charge in [-0.05, 0) is 37.5 Å². The summed E-state index contributed by atoms with van der Waals surface area (Å²) in [6.07, 6.45) is 4.15. The number of sulfonamides is 1. The lowest BCUT2D eigenvalue weighted by molar-refractivity contribution is -0.142. The van der Waals surface area contributed by atoms with Gasteiger partial charge in [-0.1, -0.05) is 6.42 Å². The molecule has 7 heteroatoms. The molecule has 0 amide bonds. The first-order valence-electron chi connectivity index (χ1n) is 7.33. The Kier molecular flexibility index (Phi) is 3.77. The standard InChI is InChI=1S/C13H21NO5S/c15-13(16)12-11-5-1-3-9(11)7-14(12)20(17,18)8-10-4-2-6-19-10/h9-12H,1-8H2,(H,15,16). The second-order valence-electron chi connectivity index (χ2n) is 6.12. The van der Waals surface area contributed by atoms with Crippen LogP contribution < -0.4 is 0 Å². The van der Waals surface area contributed by atoms with Gasteiger partial charge in [0.1, 0.15) is 6.04 Å². The molecular weight excluding hydrogens is 282 g/mol. The van der Waals surface area contributed by atoms with Gasteiger partial charge in [0.25, 0.3) is 0 Å². The molecule has 20 heavy (non-hydrogen) atoms. The van der Waals surface area contributed by atoms with Crippen LogP contribution in [-0.4, -0.2) is 54.8 Å². The molecule has 0 radical (unpaired) electrons. The molecule has 4 atom stereocenters. The summed E-state index contributed by atoms with van der Waals surface area (Å²) in [5.74, 6) is -0.867. The zero-order chi connectivity index (χ0) is 14.3.